The Balaban J connectivity index is 1.45. The number of fused-ring (bicyclic) bond motifs is 3. The Morgan fingerprint density at radius 3 is 2.74 bits per heavy atom. The monoisotopic (exact) mass is 688 g/mol. The molecule has 2 fully saturated rings. The number of nitrogens with two attached hydrogens (primary N) is 1. The molecule has 1 heterocycles. The third-order valence-corrected chi connectivity index (χ3v) is 10.6. The van der Waals surface area contributed by atoms with Crippen LogP contribution in [0.1, 0.15) is 75.3 Å². The van der Waals surface area contributed by atoms with E-state index in [1.807, 2.05) is 13.1 Å². The summed E-state index contributed by atoms with van der Waals surface area (Å²) in [4.78, 5) is 17.1. The summed E-state index contributed by atoms with van der Waals surface area (Å²) in [6, 6.07) is 9.31. The lowest BCUT2D eigenvalue weighted by molar-refractivity contribution is -0.114. The number of likely N-dealkylation sites (N-methyl/N-ethyl adjacent to an activating group) is 1. The summed E-state index contributed by atoms with van der Waals surface area (Å²) in [6.45, 7) is 0.606. The number of methoxy groups -OCH3 is 2. The van der Waals surface area contributed by atoms with Crippen molar-refractivity contribution in [2.24, 2.45) is 22.6 Å². The fourth-order valence-corrected chi connectivity index (χ4v) is 8.00. The molecule has 5 rings (SSSR count). The van der Waals surface area contributed by atoms with Crippen molar-refractivity contribution in [1.82, 2.24) is 5.32 Å². The van der Waals surface area contributed by atoms with Gasteiger partial charge < -0.3 is 45.5 Å². The summed E-state index contributed by atoms with van der Waals surface area (Å²) in [5.74, 6) is 5.35. The summed E-state index contributed by atoms with van der Waals surface area (Å²) in [5, 5.41) is 26.9. The number of aliphatic imine (C=N–C) groups is 1. The number of nitrogens with one attached hydrogen (secondary N) is 2. The molecule has 50 heavy (non-hydrogen) atoms. The van der Waals surface area contributed by atoms with Gasteiger partial charge in [0.1, 0.15) is 11.7 Å². The smallest absolute Gasteiger partial charge is 0.205 e. The van der Waals surface area contributed by atoms with E-state index in [-0.39, 0.29) is 34.7 Å². The van der Waals surface area contributed by atoms with E-state index in [0.717, 1.165) is 49.7 Å². The average molecular weight is 689 g/mol. The molecule has 2 bridgehead atoms. The predicted molar refractivity (Wildman–Crippen MR) is 194 cm³/mol. The maximum absolute atomic E-state index is 13.0. The van der Waals surface area contributed by atoms with Gasteiger partial charge in [-0.05, 0) is 104 Å². The first-order chi connectivity index (χ1) is 24.1. The van der Waals surface area contributed by atoms with E-state index in [0.29, 0.717) is 61.6 Å². The van der Waals surface area contributed by atoms with Crippen LogP contribution < -0.4 is 30.6 Å². The SMILES string of the molecule is CN=C(N)Nc1cc(C2(C/C=C/C(=O)CCc3ccc(O)c(OC)c3)CCCC2)cc2c1OC#CC[C@H]1C[C@](CNC)(C[C@H]1C[C@H](O)OC)O2. The van der Waals surface area contributed by atoms with Gasteiger partial charge >= 0.3 is 0 Å². The molecule has 1 aliphatic heterocycles. The number of aliphatic hydroxyl groups is 1. The Labute approximate surface area is 295 Å². The van der Waals surface area contributed by atoms with Crippen LogP contribution in [0, 0.1) is 23.9 Å². The molecule has 11 heteroatoms. The Kier molecular flexibility index (Phi) is 12.3. The molecule has 0 aromatic heterocycles. The van der Waals surface area contributed by atoms with E-state index in [9.17, 15) is 15.0 Å². The van der Waals surface area contributed by atoms with Crippen molar-refractivity contribution < 1.29 is 34.0 Å². The lowest BCUT2D eigenvalue weighted by Gasteiger charge is -2.34. The number of ketones is 1. The number of hydrogen-bond acceptors (Lipinski definition) is 9. The van der Waals surface area contributed by atoms with E-state index in [2.05, 4.69) is 39.8 Å². The number of aryl methyl sites for hydroxylation is 1. The third kappa shape index (κ3) is 8.73. The number of aromatic hydroxyl groups is 1. The zero-order valence-electron chi connectivity index (χ0n) is 29.7. The molecule has 11 nitrogen and oxygen atoms in total. The van der Waals surface area contributed by atoms with Gasteiger partial charge in [-0.1, -0.05) is 30.9 Å². The average Bonchev–Trinajstić information content (AvgIpc) is 3.71. The normalized spacial score (nSPS) is 23.3. The maximum Gasteiger partial charge on any atom is 0.205 e. The molecule has 0 amide bonds. The highest BCUT2D eigenvalue weighted by Crippen LogP contribution is 2.52. The maximum atomic E-state index is 13.0. The molecule has 0 radical (unpaired) electrons. The zero-order valence-corrected chi connectivity index (χ0v) is 29.7. The molecule has 2 aromatic carbocycles. The van der Waals surface area contributed by atoms with Crippen LogP contribution in [0.25, 0.3) is 0 Å². The van der Waals surface area contributed by atoms with E-state index in [1.54, 1.807) is 31.3 Å². The van der Waals surface area contributed by atoms with Gasteiger partial charge in [-0.25, -0.2) is 0 Å². The number of allylic oxidation sites excluding steroid dienone is 2. The topological polar surface area (TPSA) is 157 Å². The third-order valence-electron chi connectivity index (χ3n) is 10.6. The number of rotatable bonds is 14. The minimum absolute atomic E-state index is 0.0400. The van der Waals surface area contributed by atoms with Gasteiger partial charge in [0.05, 0.1) is 12.8 Å². The molecule has 2 aromatic rings. The van der Waals surface area contributed by atoms with Gasteiger partial charge in [0.15, 0.2) is 35.3 Å². The minimum atomic E-state index is -0.855. The molecule has 2 aliphatic carbocycles. The molecule has 0 saturated heterocycles. The highest BCUT2D eigenvalue weighted by molar-refractivity contribution is 5.94. The standard InChI is InChI=1S/C39H52N4O7/c1-41-25-39-23-27(28(24-39)20-35(46)48-4)9-8-18-49-36-31(43-37(40)42-2)21-29(22-34(36)50-39)38(15-5-6-16-38)17-7-10-30(44)13-11-26-12-14-32(45)33(19-26)47-3/h7,10,12,14,19,21-22,27-28,35,41,45-46H,5-6,9,11,13,15-17,20,23-25H2,1-4H3,(H3,40,42,43)/b10-7+/t27-,28+,35+,39+/m0/s1. The second kappa shape index (κ2) is 16.6. The Bertz CT molecular complexity index is 1620. The van der Waals surface area contributed by atoms with Crippen molar-refractivity contribution in [3.8, 4) is 35.0 Å². The van der Waals surface area contributed by atoms with Crippen molar-refractivity contribution >= 4 is 17.4 Å². The molecular weight excluding hydrogens is 636 g/mol. The number of carbonyl (C=O) groups is 1. The Morgan fingerprint density at radius 1 is 1.22 bits per heavy atom. The van der Waals surface area contributed by atoms with Crippen LogP contribution in [0.3, 0.4) is 0 Å². The quantitative estimate of drug-likeness (QED) is 0.0589. The number of hydrogen-bond donors (Lipinski definition) is 5. The van der Waals surface area contributed by atoms with Crippen molar-refractivity contribution in [2.75, 3.05) is 40.2 Å². The van der Waals surface area contributed by atoms with E-state index in [1.165, 1.54) is 14.2 Å². The summed E-state index contributed by atoms with van der Waals surface area (Å²) < 4.78 is 23.7. The number of benzene rings is 2. The molecule has 4 atom stereocenters. The number of phenolic OH excluding ortho intramolecular Hbond substituents is 1. The van der Waals surface area contributed by atoms with Crippen LogP contribution in [0.4, 0.5) is 5.69 Å². The first kappa shape index (κ1) is 37.0. The number of carbonyl (C=O) groups excluding carboxylic acids is 1. The fraction of sp³-hybridized carbons (Fsp3) is 0.538. The van der Waals surface area contributed by atoms with Crippen molar-refractivity contribution in [3.63, 3.8) is 0 Å². The number of ether oxygens (including phenoxy) is 4. The highest BCUT2D eigenvalue weighted by Gasteiger charge is 2.48. The lowest BCUT2D eigenvalue weighted by Crippen LogP contribution is -2.43. The number of anilines is 1. The highest BCUT2D eigenvalue weighted by atomic mass is 16.6. The zero-order chi connectivity index (χ0) is 35.7. The van der Waals surface area contributed by atoms with Crippen LogP contribution in [0.15, 0.2) is 47.5 Å². The number of guanidine groups is 1. The first-order valence-electron chi connectivity index (χ1n) is 17.6. The largest absolute Gasteiger partial charge is 0.504 e. The fourth-order valence-electron chi connectivity index (χ4n) is 8.00. The van der Waals surface area contributed by atoms with Crippen LogP contribution >= 0.6 is 0 Å². The van der Waals surface area contributed by atoms with Crippen LogP contribution in [-0.4, -0.2) is 68.7 Å². The second-order valence-electron chi connectivity index (χ2n) is 13.9. The van der Waals surface area contributed by atoms with Gasteiger partial charge in [0.25, 0.3) is 0 Å². The molecule has 2 saturated carbocycles. The molecule has 0 unspecified atom stereocenters. The summed E-state index contributed by atoms with van der Waals surface area (Å²) in [7, 11) is 6.57. The Hall–Kier alpha value is -4.24. The summed E-state index contributed by atoms with van der Waals surface area (Å²) >= 11 is 0. The van der Waals surface area contributed by atoms with Crippen molar-refractivity contribution in [2.45, 2.75) is 87.9 Å². The minimum Gasteiger partial charge on any atom is -0.504 e. The van der Waals surface area contributed by atoms with Gasteiger partial charge in [-0.2, -0.15) is 0 Å². The van der Waals surface area contributed by atoms with Gasteiger partial charge in [-0.3, -0.25) is 9.79 Å². The summed E-state index contributed by atoms with van der Waals surface area (Å²) in [6.07, 6.45) is 14.0. The van der Waals surface area contributed by atoms with E-state index in [4.69, 9.17) is 24.7 Å². The van der Waals surface area contributed by atoms with Gasteiger partial charge in [0.2, 0.25) is 5.75 Å². The van der Waals surface area contributed by atoms with Crippen LogP contribution in [0.5, 0.6) is 23.0 Å². The van der Waals surface area contributed by atoms with Gasteiger partial charge in [0, 0.05) is 40.0 Å². The lowest BCUT2D eigenvalue weighted by atomic mass is 9.75. The summed E-state index contributed by atoms with van der Waals surface area (Å²) in [5.41, 5.74) is 8.03. The molecule has 6 N–H and O–H groups in total. The van der Waals surface area contributed by atoms with E-state index < -0.39 is 11.9 Å². The molecule has 3 aliphatic rings. The van der Waals surface area contributed by atoms with Gasteiger partial charge in [-0.15, -0.1) is 0 Å². The second-order valence-corrected chi connectivity index (χ2v) is 13.9. The molecule has 0 spiro atoms. The Morgan fingerprint density at radius 2 is 2.02 bits per heavy atom. The first-order valence-corrected chi connectivity index (χ1v) is 17.6. The molecule has 270 valence electrons. The molecular formula is C39H52N4O7. The van der Waals surface area contributed by atoms with Crippen LogP contribution in [0.2, 0.25) is 0 Å². The van der Waals surface area contributed by atoms with E-state index >= 15 is 0 Å². The van der Waals surface area contributed by atoms with Crippen molar-refractivity contribution in [1.29, 1.82) is 0 Å². The number of aliphatic hydroxyl groups excluding tert-OH is 1. The van der Waals surface area contributed by atoms with Crippen molar-refractivity contribution in [3.05, 3.63) is 53.6 Å². The van der Waals surface area contributed by atoms with Crippen LogP contribution in [-0.2, 0) is 21.4 Å². The number of nitrogens with zero attached hydrogens (tertiary/aromatic N) is 1. The number of phenols is 1. The predicted octanol–water partition coefficient (Wildman–Crippen LogP) is 5.18.